The number of aryl methyl sites for hydroxylation is 1. The van der Waals surface area contributed by atoms with Crippen LogP contribution in [0.3, 0.4) is 0 Å². The number of anilines is 1. The summed E-state index contributed by atoms with van der Waals surface area (Å²) in [6.45, 7) is 5.52. The largest absolute Gasteiger partial charge is 0.447 e. The van der Waals surface area contributed by atoms with E-state index in [2.05, 4.69) is 12.2 Å². The maximum absolute atomic E-state index is 13.0. The summed E-state index contributed by atoms with van der Waals surface area (Å²) in [5, 5.41) is 4.26. The summed E-state index contributed by atoms with van der Waals surface area (Å²) in [7, 11) is -3.65. The van der Waals surface area contributed by atoms with Crippen LogP contribution in [0.5, 0.6) is 0 Å². The topological polar surface area (TPSA) is 108 Å². The highest BCUT2D eigenvalue weighted by molar-refractivity contribution is 7.92. The molecule has 0 aromatic heterocycles. The molecule has 0 atom stereocenters. The Bertz CT molecular complexity index is 1210. The highest BCUT2D eigenvalue weighted by Gasteiger charge is 2.48. The number of amides is 2. The number of hydrogen-bond donors (Lipinski definition) is 1. The molecule has 1 saturated carbocycles. The molecular weight excluding hydrogens is 480 g/mol. The van der Waals surface area contributed by atoms with Crippen LogP contribution in [0.2, 0.25) is 0 Å². The average molecular weight is 515 g/mol. The number of benzene rings is 1. The van der Waals surface area contributed by atoms with Crippen LogP contribution in [-0.4, -0.2) is 62.3 Å². The van der Waals surface area contributed by atoms with Gasteiger partial charge in [0, 0.05) is 30.1 Å². The first-order chi connectivity index (χ1) is 17.2. The van der Waals surface area contributed by atoms with Crippen LogP contribution >= 0.6 is 0 Å². The number of ether oxygens (including phenoxy) is 1. The van der Waals surface area contributed by atoms with Crippen molar-refractivity contribution in [3.05, 3.63) is 34.7 Å². The molecule has 2 amide bonds. The quantitative estimate of drug-likeness (QED) is 0.648. The summed E-state index contributed by atoms with van der Waals surface area (Å²) in [5.74, 6) is 1.76. The van der Waals surface area contributed by atoms with E-state index in [0.29, 0.717) is 31.9 Å². The van der Waals surface area contributed by atoms with Gasteiger partial charge in [-0.15, -0.1) is 0 Å². The van der Waals surface area contributed by atoms with Gasteiger partial charge < -0.3 is 10.1 Å². The summed E-state index contributed by atoms with van der Waals surface area (Å²) in [6, 6.07) is 5.45. The van der Waals surface area contributed by atoms with Gasteiger partial charge in [-0.05, 0) is 67.9 Å². The molecule has 194 valence electrons. The second-order valence-electron chi connectivity index (χ2n) is 10.5. The van der Waals surface area contributed by atoms with Crippen LogP contribution in [0.25, 0.3) is 6.08 Å². The van der Waals surface area contributed by atoms with E-state index < -0.39 is 15.6 Å². The van der Waals surface area contributed by atoms with E-state index >= 15 is 0 Å². The fourth-order valence-corrected chi connectivity index (χ4v) is 6.79. The Hall–Kier alpha value is -2.72. The molecule has 1 aromatic carbocycles. The number of carbonyl (C=O) groups is 2. The zero-order valence-corrected chi connectivity index (χ0v) is 21.7. The van der Waals surface area contributed by atoms with Gasteiger partial charge in [-0.2, -0.15) is 4.31 Å². The van der Waals surface area contributed by atoms with Gasteiger partial charge in [-0.3, -0.25) is 14.7 Å². The lowest BCUT2D eigenvalue weighted by atomic mass is 9.82. The lowest BCUT2D eigenvalue weighted by Gasteiger charge is -2.34. The average Bonchev–Trinajstić information content (AvgIpc) is 3.42. The van der Waals surface area contributed by atoms with Gasteiger partial charge >= 0.3 is 6.09 Å². The maximum atomic E-state index is 13.0. The number of nitrogens with zero attached hydrogens (tertiary/aromatic N) is 3. The number of hydrogen-bond acceptors (Lipinski definition) is 6. The molecule has 4 aliphatic rings. The van der Waals surface area contributed by atoms with E-state index in [-0.39, 0.29) is 25.1 Å². The van der Waals surface area contributed by atoms with Crippen LogP contribution in [0.1, 0.15) is 56.6 Å². The summed E-state index contributed by atoms with van der Waals surface area (Å²) in [5.41, 5.74) is 1.51. The summed E-state index contributed by atoms with van der Waals surface area (Å²) in [4.78, 5) is 31.1. The highest BCUT2D eigenvalue weighted by Crippen LogP contribution is 2.36. The van der Waals surface area contributed by atoms with Gasteiger partial charge in [0.2, 0.25) is 10.0 Å². The van der Waals surface area contributed by atoms with Crippen molar-refractivity contribution < 1.29 is 22.7 Å². The first-order valence-electron chi connectivity index (χ1n) is 12.8. The lowest BCUT2D eigenvalue weighted by molar-refractivity contribution is -0.125. The summed E-state index contributed by atoms with van der Waals surface area (Å²) in [6.07, 6.45) is 6.38. The van der Waals surface area contributed by atoms with Crippen molar-refractivity contribution in [2.75, 3.05) is 31.1 Å². The molecule has 3 heterocycles. The molecular formula is C26H34N4O5S. The molecule has 9 nitrogen and oxygen atoms in total. The van der Waals surface area contributed by atoms with E-state index in [0.717, 1.165) is 54.3 Å². The number of cyclic esters (lactones) is 1. The van der Waals surface area contributed by atoms with Crippen molar-refractivity contribution in [2.24, 2.45) is 16.8 Å². The molecule has 0 bridgehead atoms. The summed E-state index contributed by atoms with van der Waals surface area (Å²) >= 11 is 0. The van der Waals surface area contributed by atoms with Crippen molar-refractivity contribution in [1.29, 1.82) is 0 Å². The predicted molar refractivity (Wildman–Crippen MR) is 138 cm³/mol. The molecule has 10 heteroatoms. The van der Waals surface area contributed by atoms with Crippen LogP contribution in [-0.2, 0) is 19.6 Å². The SMILES string of the molecule is Cc1cc(N2CCOC2=O)ccc1C=CS(=O)(=O)N1CCC2(CC1)N=C(C1CCC(C)CC1)NC2=O. The fourth-order valence-electron chi connectivity index (χ4n) is 5.61. The Morgan fingerprint density at radius 2 is 1.83 bits per heavy atom. The Morgan fingerprint density at radius 3 is 2.47 bits per heavy atom. The third-order valence-electron chi connectivity index (χ3n) is 8.06. The van der Waals surface area contributed by atoms with Crippen molar-refractivity contribution in [2.45, 2.75) is 57.9 Å². The van der Waals surface area contributed by atoms with E-state index in [9.17, 15) is 18.0 Å². The molecule has 3 aliphatic heterocycles. The predicted octanol–water partition coefficient (Wildman–Crippen LogP) is 3.44. The number of amidine groups is 1. The van der Waals surface area contributed by atoms with Crippen LogP contribution in [0.15, 0.2) is 28.6 Å². The smallest absolute Gasteiger partial charge is 0.414 e. The number of rotatable bonds is 5. The van der Waals surface area contributed by atoms with Crippen molar-refractivity contribution in [3.63, 3.8) is 0 Å². The van der Waals surface area contributed by atoms with Crippen molar-refractivity contribution >= 4 is 39.6 Å². The Kier molecular flexibility index (Phi) is 6.67. The number of nitrogens with one attached hydrogen (secondary N) is 1. The van der Waals surface area contributed by atoms with Crippen molar-refractivity contribution in [1.82, 2.24) is 9.62 Å². The number of sulfonamides is 1. The number of aliphatic imine (C=N–C) groups is 1. The molecule has 1 aromatic rings. The van der Waals surface area contributed by atoms with Crippen molar-refractivity contribution in [3.8, 4) is 0 Å². The first-order valence-corrected chi connectivity index (χ1v) is 14.3. The number of carbonyl (C=O) groups excluding carboxylic acids is 2. The molecule has 0 unspecified atom stereocenters. The van der Waals surface area contributed by atoms with Crippen LogP contribution < -0.4 is 10.2 Å². The van der Waals surface area contributed by atoms with E-state index in [1.54, 1.807) is 23.1 Å². The van der Waals surface area contributed by atoms with Crippen LogP contribution in [0.4, 0.5) is 10.5 Å². The van der Waals surface area contributed by atoms with E-state index in [1.165, 1.54) is 9.71 Å². The second kappa shape index (κ2) is 9.63. The highest BCUT2D eigenvalue weighted by atomic mass is 32.2. The molecule has 1 N–H and O–H groups in total. The van der Waals surface area contributed by atoms with Gasteiger partial charge in [0.15, 0.2) is 0 Å². The maximum Gasteiger partial charge on any atom is 0.414 e. The fraction of sp³-hybridized carbons (Fsp3) is 0.577. The monoisotopic (exact) mass is 514 g/mol. The Balaban J connectivity index is 1.23. The minimum Gasteiger partial charge on any atom is -0.447 e. The van der Waals surface area contributed by atoms with E-state index in [1.807, 2.05) is 13.0 Å². The third kappa shape index (κ3) is 4.80. The molecule has 36 heavy (non-hydrogen) atoms. The van der Waals surface area contributed by atoms with Gasteiger partial charge in [-0.1, -0.05) is 25.8 Å². The van der Waals surface area contributed by atoms with Gasteiger partial charge in [0.05, 0.1) is 6.54 Å². The molecule has 1 spiro atoms. The molecule has 1 aliphatic carbocycles. The minimum atomic E-state index is -3.65. The standard InChI is InChI=1S/C26H34N4O5S/c1-18-3-5-21(6-4-18)23-27-24(31)26(28-23)10-12-29(13-11-26)36(33,34)16-9-20-7-8-22(17-19(20)2)30-14-15-35-25(30)32/h7-9,16-18,21H,3-6,10-15H2,1-2H3,(H,27,28,31). The van der Waals surface area contributed by atoms with Gasteiger partial charge in [0.1, 0.15) is 18.0 Å². The minimum absolute atomic E-state index is 0.0821. The normalized spacial score (nSPS) is 26.9. The number of piperidine rings is 1. The lowest BCUT2D eigenvalue weighted by Crippen LogP contribution is -2.50. The second-order valence-corrected chi connectivity index (χ2v) is 12.3. The Labute approximate surface area is 212 Å². The molecule has 2 saturated heterocycles. The zero-order chi connectivity index (χ0) is 25.5. The van der Waals surface area contributed by atoms with Crippen LogP contribution in [0, 0.1) is 18.8 Å². The summed E-state index contributed by atoms with van der Waals surface area (Å²) < 4.78 is 32.5. The molecule has 3 fully saturated rings. The zero-order valence-electron chi connectivity index (χ0n) is 20.9. The molecule has 5 rings (SSSR count). The third-order valence-corrected chi connectivity index (χ3v) is 9.62. The van der Waals surface area contributed by atoms with E-state index in [4.69, 9.17) is 9.73 Å². The Morgan fingerprint density at radius 1 is 1.11 bits per heavy atom. The van der Waals surface area contributed by atoms with Gasteiger partial charge in [-0.25, -0.2) is 13.2 Å². The molecule has 0 radical (unpaired) electrons. The van der Waals surface area contributed by atoms with Gasteiger partial charge in [0.25, 0.3) is 5.91 Å². The first kappa shape index (κ1) is 25.0.